The van der Waals surface area contributed by atoms with Gasteiger partial charge in [0, 0.05) is 16.7 Å². The van der Waals surface area contributed by atoms with Gasteiger partial charge in [0.15, 0.2) is 5.16 Å². The summed E-state index contributed by atoms with van der Waals surface area (Å²) in [5.74, 6) is -0.106. The molecule has 0 aliphatic rings. The molecule has 0 aliphatic carbocycles. The van der Waals surface area contributed by atoms with Gasteiger partial charge in [0.05, 0.1) is 16.5 Å². The number of benzene rings is 1. The van der Waals surface area contributed by atoms with Crippen molar-refractivity contribution in [3.05, 3.63) is 50.3 Å². The monoisotopic (exact) mass is 373 g/mol. The summed E-state index contributed by atoms with van der Waals surface area (Å²) in [6.07, 6.45) is 1.39. The number of nitrogens with zero attached hydrogens (tertiary/aromatic N) is 1. The van der Waals surface area contributed by atoms with Crippen LogP contribution in [0.4, 0.5) is 5.69 Å². The van der Waals surface area contributed by atoms with E-state index in [0.29, 0.717) is 15.9 Å². The lowest BCUT2D eigenvalue weighted by Crippen LogP contribution is -2.15. The first-order valence-corrected chi connectivity index (χ1v) is 7.63. The average molecular weight is 375 g/mol. The van der Waals surface area contributed by atoms with Gasteiger partial charge in [-0.2, -0.15) is 0 Å². The topological polar surface area (TPSA) is 74.8 Å². The summed E-state index contributed by atoms with van der Waals surface area (Å²) >= 11 is 10.4. The first kappa shape index (κ1) is 15.1. The van der Waals surface area contributed by atoms with Crippen LogP contribution < -0.4 is 10.9 Å². The number of aromatic amines is 1. The summed E-state index contributed by atoms with van der Waals surface area (Å²) in [7, 11) is 0. The number of H-pyrrole nitrogens is 1. The van der Waals surface area contributed by atoms with Gasteiger partial charge in [-0.1, -0.05) is 39.3 Å². The number of halogens is 2. The molecule has 1 amide bonds. The van der Waals surface area contributed by atoms with Gasteiger partial charge in [0.2, 0.25) is 5.91 Å². The second kappa shape index (κ2) is 6.92. The molecule has 2 N–H and O–H groups in total. The molecule has 8 heteroatoms. The molecule has 1 heterocycles. The number of carbonyl (C=O) groups excluding carboxylic acids is 1. The van der Waals surface area contributed by atoms with Crippen molar-refractivity contribution in [2.75, 3.05) is 11.1 Å². The summed E-state index contributed by atoms with van der Waals surface area (Å²) in [5.41, 5.74) is 0.286. The number of carbonyl (C=O) groups is 1. The van der Waals surface area contributed by atoms with Crippen LogP contribution in [0.1, 0.15) is 0 Å². The Balaban J connectivity index is 1.94. The van der Waals surface area contributed by atoms with Gasteiger partial charge in [-0.3, -0.25) is 9.59 Å². The van der Waals surface area contributed by atoms with Crippen molar-refractivity contribution in [2.45, 2.75) is 5.16 Å². The van der Waals surface area contributed by atoms with Gasteiger partial charge in [0.25, 0.3) is 5.56 Å². The Kier molecular flexibility index (Phi) is 5.22. The van der Waals surface area contributed by atoms with Crippen LogP contribution in [0.5, 0.6) is 0 Å². The predicted molar refractivity (Wildman–Crippen MR) is 83.4 cm³/mol. The van der Waals surface area contributed by atoms with Crippen LogP contribution in [0, 0.1) is 0 Å². The van der Waals surface area contributed by atoms with E-state index in [4.69, 9.17) is 11.6 Å². The van der Waals surface area contributed by atoms with Crippen LogP contribution in [0.25, 0.3) is 0 Å². The highest BCUT2D eigenvalue weighted by atomic mass is 79.9. The number of aromatic nitrogens is 2. The number of nitrogens with one attached hydrogen (secondary N) is 2. The Morgan fingerprint density at radius 1 is 1.45 bits per heavy atom. The highest BCUT2D eigenvalue weighted by Gasteiger charge is 2.07. The molecule has 20 heavy (non-hydrogen) atoms. The molecule has 0 aliphatic heterocycles. The minimum Gasteiger partial charge on any atom is -0.324 e. The highest BCUT2D eigenvalue weighted by Crippen LogP contribution is 2.25. The molecule has 2 aromatic rings. The van der Waals surface area contributed by atoms with Crippen molar-refractivity contribution in [1.82, 2.24) is 9.97 Å². The Bertz CT molecular complexity index is 692. The van der Waals surface area contributed by atoms with E-state index < -0.39 is 0 Å². The average Bonchev–Trinajstić information content (AvgIpc) is 2.40. The molecule has 5 nitrogen and oxygen atoms in total. The van der Waals surface area contributed by atoms with E-state index in [1.54, 1.807) is 18.2 Å². The molecular formula is C12H9BrClN3O2S. The zero-order chi connectivity index (χ0) is 14.5. The Hall–Kier alpha value is -1.31. The third kappa shape index (κ3) is 4.36. The van der Waals surface area contributed by atoms with Gasteiger partial charge in [-0.15, -0.1) is 0 Å². The second-order valence-corrected chi connectivity index (χ2v) is 5.99. The number of rotatable bonds is 4. The molecule has 1 aromatic heterocycles. The molecule has 1 aromatic carbocycles. The van der Waals surface area contributed by atoms with E-state index in [-0.39, 0.29) is 17.2 Å². The van der Waals surface area contributed by atoms with Crippen molar-refractivity contribution in [3.8, 4) is 0 Å². The fraction of sp³-hybridized carbons (Fsp3) is 0.0833. The maximum Gasteiger partial charge on any atom is 0.251 e. The van der Waals surface area contributed by atoms with Crippen molar-refractivity contribution in [3.63, 3.8) is 0 Å². The van der Waals surface area contributed by atoms with Gasteiger partial charge >= 0.3 is 0 Å². The first-order chi connectivity index (χ1) is 9.54. The second-order valence-electron chi connectivity index (χ2n) is 3.70. The lowest BCUT2D eigenvalue weighted by molar-refractivity contribution is -0.113. The van der Waals surface area contributed by atoms with Crippen LogP contribution in [-0.4, -0.2) is 21.6 Å². The van der Waals surface area contributed by atoms with Gasteiger partial charge < -0.3 is 10.3 Å². The highest BCUT2D eigenvalue weighted by molar-refractivity contribution is 9.10. The molecule has 104 valence electrons. The van der Waals surface area contributed by atoms with Crippen molar-refractivity contribution in [2.24, 2.45) is 0 Å². The zero-order valence-corrected chi connectivity index (χ0v) is 13.2. The van der Waals surface area contributed by atoms with Crippen LogP contribution in [-0.2, 0) is 4.79 Å². The Morgan fingerprint density at radius 2 is 2.25 bits per heavy atom. The maximum absolute atomic E-state index is 11.8. The van der Waals surface area contributed by atoms with Crippen LogP contribution in [0.2, 0.25) is 5.02 Å². The first-order valence-electron chi connectivity index (χ1n) is 5.47. The van der Waals surface area contributed by atoms with E-state index in [9.17, 15) is 9.59 Å². The van der Waals surface area contributed by atoms with E-state index in [0.717, 1.165) is 16.2 Å². The van der Waals surface area contributed by atoms with Crippen molar-refractivity contribution < 1.29 is 4.79 Å². The minimum atomic E-state index is -0.251. The summed E-state index contributed by atoms with van der Waals surface area (Å²) in [6, 6.07) is 6.49. The van der Waals surface area contributed by atoms with Gasteiger partial charge in [-0.25, -0.2) is 4.98 Å². The van der Waals surface area contributed by atoms with Crippen LogP contribution >= 0.6 is 39.3 Å². The van der Waals surface area contributed by atoms with E-state index in [1.807, 2.05) is 0 Å². The summed E-state index contributed by atoms with van der Waals surface area (Å²) in [4.78, 5) is 29.3. The van der Waals surface area contributed by atoms with Crippen molar-refractivity contribution in [1.29, 1.82) is 0 Å². The minimum absolute atomic E-state index is 0.124. The standard InChI is InChI=1S/C12H9BrClN3O2S/c13-7-1-2-9(8(14)5-7)16-11(19)6-20-12-15-4-3-10(18)17-12/h1-5H,6H2,(H,16,19)(H,15,17,18). The molecule has 0 spiro atoms. The smallest absolute Gasteiger partial charge is 0.251 e. The van der Waals surface area contributed by atoms with Crippen LogP contribution in [0.15, 0.2) is 44.9 Å². The normalized spacial score (nSPS) is 10.3. The van der Waals surface area contributed by atoms with Gasteiger partial charge in [-0.05, 0) is 18.2 Å². The quantitative estimate of drug-likeness (QED) is 0.637. The van der Waals surface area contributed by atoms with Gasteiger partial charge in [0.1, 0.15) is 0 Å². The molecule has 0 atom stereocenters. The molecule has 0 bridgehead atoms. The maximum atomic E-state index is 11.8. The van der Waals surface area contributed by atoms with Crippen LogP contribution in [0.3, 0.4) is 0 Å². The third-order valence-electron chi connectivity index (χ3n) is 2.19. The molecule has 0 radical (unpaired) electrons. The molecule has 0 fully saturated rings. The number of anilines is 1. The number of hydrogen-bond donors (Lipinski definition) is 2. The lowest BCUT2D eigenvalue weighted by atomic mass is 10.3. The number of hydrogen-bond acceptors (Lipinski definition) is 4. The van der Waals surface area contributed by atoms with E-state index in [2.05, 4.69) is 31.2 Å². The van der Waals surface area contributed by atoms with Crippen molar-refractivity contribution >= 4 is 50.9 Å². The van der Waals surface area contributed by atoms with E-state index >= 15 is 0 Å². The summed E-state index contributed by atoms with van der Waals surface area (Å²) in [6.45, 7) is 0. The molecular weight excluding hydrogens is 366 g/mol. The fourth-order valence-corrected chi connectivity index (χ4v) is 2.71. The summed E-state index contributed by atoms with van der Waals surface area (Å²) < 4.78 is 0.834. The molecule has 0 saturated carbocycles. The number of amides is 1. The molecule has 0 unspecified atom stereocenters. The Labute approximate surface area is 132 Å². The SMILES string of the molecule is O=C(CSc1nccc(=O)[nH]1)Nc1ccc(Br)cc1Cl. The molecule has 2 rings (SSSR count). The lowest BCUT2D eigenvalue weighted by Gasteiger charge is -2.07. The number of thioether (sulfide) groups is 1. The summed E-state index contributed by atoms with van der Waals surface area (Å²) in [5, 5.41) is 3.54. The van der Waals surface area contributed by atoms with E-state index in [1.165, 1.54) is 12.3 Å². The zero-order valence-electron chi connectivity index (χ0n) is 10.0. The largest absolute Gasteiger partial charge is 0.324 e. The third-order valence-corrected chi connectivity index (χ3v) is 3.89. The predicted octanol–water partition coefficient (Wildman–Crippen LogP) is 2.92. The molecule has 0 saturated heterocycles. The Morgan fingerprint density at radius 3 is 2.95 bits per heavy atom. The fourth-order valence-electron chi connectivity index (χ4n) is 1.34.